The van der Waals surface area contributed by atoms with Gasteiger partial charge in [-0.05, 0) is 50.6 Å². The molecule has 0 amide bonds. The van der Waals surface area contributed by atoms with Crippen LogP contribution in [-0.4, -0.2) is 11.1 Å². The molecule has 1 aliphatic rings. The van der Waals surface area contributed by atoms with E-state index in [1.54, 1.807) is 0 Å². The zero-order valence-corrected chi connectivity index (χ0v) is 13.6. The lowest BCUT2D eigenvalue weighted by molar-refractivity contribution is 0.337. The van der Waals surface area contributed by atoms with E-state index in [2.05, 4.69) is 11.9 Å². The summed E-state index contributed by atoms with van der Waals surface area (Å²) in [4.78, 5) is 1.89. The zero-order valence-electron chi connectivity index (χ0n) is 13.6. The molecule has 4 heteroatoms. The first-order valence-corrected chi connectivity index (χ1v) is 7.26. The standard InChI is InChI=1S/C18H26N4/c1-5-7-9-16(19)18-21-15(4)13-14(3)11-12-22(18)17(20)10-8-6-2/h5-13,18,21H,4,19-20H2,1-3H3/b7-5-,8-6-,12-11-,14-13-,16-9-,17-10+. The SMILES string of the molecule is C=C1/C=C(C)\C=C/N(/C(N)=C/C=C\C)C(/C(N)=C/C=C\C)N1. The number of nitrogens with one attached hydrogen (secondary N) is 1. The fourth-order valence-corrected chi connectivity index (χ4v) is 1.95. The summed E-state index contributed by atoms with van der Waals surface area (Å²) in [6.07, 6.45) is 16.9. The van der Waals surface area contributed by atoms with E-state index in [1.807, 2.05) is 80.5 Å². The molecular formula is C18H26N4. The Labute approximate surface area is 133 Å². The van der Waals surface area contributed by atoms with Gasteiger partial charge in [0, 0.05) is 11.9 Å². The molecule has 4 nitrogen and oxygen atoms in total. The maximum absolute atomic E-state index is 6.22. The van der Waals surface area contributed by atoms with Gasteiger partial charge in [-0.1, -0.05) is 30.9 Å². The van der Waals surface area contributed by atoms with Crippen LogP contribution in [0.1, 0.15) is 20.8 Å². The molecule has 0 aromatic carbocycles. The minimum atomic E-state index is -0.300. The second-order valence-corrected chi connectivity index (χ2v) is 4.99. The Morgan fingerprint density at radius 1 is 1.23 bits per heavy atom. The molecule has 0 saturated carbocycles. The molecule has 0 saturated heterocycles. The van der Waals surface area contributed by atoms with Crippen molar-refractivity contribution in [3.8, 4) is 0 Å². The normalized spacial score (nSPS) is 24.9. The van der Waals surface area contributed by atoms with Gasteiger partial charge in [-0.3, -0.25) is 0 Å². The van der Waals surface area contributed by atoms with E-state index in [-0.39, 0.29) is 6.17 Å². The lowest BCUT2D eigenvalue weighted by Gasteiger charge is -2.33. The molecule has 0 fully saturated rings. The summed E-state index contributed by atoms with van der Waals surface area (Å²) in [7, 11) is 0. The van der Waals surface area contributed by atoms with E-state index in [0.29, 0.717) is 11.5 Å². The third-order valence-corrected chi connectivity index (χ3v) is 3.05. The van der Waals surface area contributed by atoms with Gasteiger partial charge in [-0.25, -0.2) is 0 Å². The van der Waals surface area contributed by atoms with Crippen molar-refractivity contribution in [3.63, 3.8) is 0 Å². The predicted octanol–water partition coefficient (Wildman–Crippen LogP) is 2.99. The van der Waals surface area contributed by atoms with Gasteiger partial charge in [0.25, 0.3) is 0 Å². The highest BCUT2D eigenvalue weighted by molar-refractivity contribution is 5.32. The van der Waals surface area contributed by atoms with Crippen molar-refractivity contribution < 1.29 is 0 Å². The second-order valence-electron chi connectivity index (χ2n) is 4.99. The largest absolute Gasteiger partial charge is 0.399 e. The van der Waals surface area contributed by atoms with E-state index in [4.69, 9.17) is 11.5 Å². The first kappa shape index (κ1) is 17.4. The Bertz CT molecular complexity index is 574. The number of nitrogens with zero attached hydrogens (tertiary/aromatic N) is 1. The molecular weight excluding hydrogens is 272 g/mol. The first-order valence-electron chi connectivity index (χ1n) is 7.26. The molecule has 1 heterocycles. The van der Waals surface area contributed by atoms with Gasteiger partial charge in [0.05, 0.1) is 5.70 Å². The van der Waals surface area contributed by atoms with Gasteiger partial charge < -0.3 is 21.7 Å². The van der Waals surface area contributed by atoms with Crippen LogP contribution in [0, 0.1) is 0 Å². The van der Waals surface area contributed by atoms with Crippen molar-refractivity contribution in [2.75, 3.05) is 0 Å². The summed E-state index contributed by atoms with van der Waals surface area (Å²) >= 11 is 0. The number of allylic oxidation sites excluding steroid dienone is 9. The number of hydrogen-bond donors (Lipinski definition) is 3. The zero-order chi connectivity index (χ0) is 16.5. The quantitative estimate of drug-likeness (QED) is 0.698. The van der Waals surface area contributed by atoms with E-state index in [0.717, 1.165) is 11.3 Å². The molecule has 0 aromatic rings. The lowest BCUT2D eigenvalue weighted by Crippen LogP contribution is -2.47. The van der Waals surface area contributed by atoms with Crippen molar-refractivity contribution in [2.45, 2.75) is 26.9 Å². The first-order chi connectivity index (χ1) is 10.5. The minimum absolute atomic E-state index is 0.300. The van der Waals surface area contributed by atoms with Gasteiger partial charge >= 0.3 is 0 Å². The smallest absolute Gasteiger partial charge is 0.145 e. The Balaban J connectivity index is 3.27. The van der Waals surface area contributed by atoms with Gasteiger partial charge in [0.1, 0.15) is 12.0 Å². The van der Waals surface area contributed by atoms with Crippen molar-refractivity contribution in [1.29, 1.82) is 0 Å². The van der Waals surface area contributed by atoms with Crippen LogP contribution in [0.2, 0.25) is 0 Å². The Morgan fingerprint density at radius 2 is 1.86 bits per heavy atom. The van der Waals surface area contributed by atoms with E-state index in [1.165, 1.54) is 0 Å². The Kier molecular flexibility index (Phi) is 6.83. The van der Waals surface area contributed by atoms with Crippen LogP contribution >= 0.6 is 0 Å². The molecule has 0 aliphatic carbocycles. The van der Waals surface area contributed by atoms with Crippen molar-refractivity contribution in [1.82, 2.24) is 10.2 Å². The van der Waals surface area contributed by atoms with Crippen molar-refractivity contribution in [3.05, 3.63) is 84.2 Å². The number of hydrogen-bond acceptors (Lipinski definition) is 4. The van der Waals surface area contributed by atoms with E-state index >= 15 is 0 Å². The van der Waals surface area contributed by atoms with Gasteiger partial charge in [-0.2, -0.15) is 0 Å². The molecule has 1 atom stereocenters. The maximum Gasteiger partial charge on any atom is 0.145 e. The maximum atomic E-state index is 6.22. The van der Waals surface area contributed by atoms with Gasteiger partial charge in [0.2, 0.25) is 0 Å². The Hall–Kier alpha value is -2.62. The van der Waals surface area contributed by atoms with Crippen LogP contribution in [-0.2, 0) is 0 Å². The third-order valence-electron chi connectivity index (χ3n) is 3.05. The van der Waals surface area contributed by atoms with Crippen LogP contribution < -0.4 is 16.8 Å². The van der Waals surface area contributed by atoms with Gasteiger partial charge in [0.15, 0.2) is 0 Å². The van der Waals surface area contributed by atoms with E-state index in [9.17, 15) is 0 Å². The third kappa shape index (κ3) is 5.05. The molecule has 0 radical (unpaired) electrons. The van der Waals surface area contributed by atoms with Crippen LogP contribution in [0.3, 0.4) is 0 Å². The number of rotatable bonds is 4. The van der Waals surface area contributed by atoms with E-state index < -0.39 is 0 Å². The average molecular weight is 298 g/mol. The predicted molar refractivity (Wildman–Crippen MR) is 95.0 cm³/mol. The lowest BCUT2D eigenvalue weighted by atomic mass is 10.2. The van der Waals surface area contributed by atoms with Crippen LogP contribution in [0.4, 0.5) is 0 Å². The molecule has 1 rings (SSSR count). The van der Waals surface area contributed by atoms with Crippen LogP contribution in [0.25, 0.3) is 0 Å². The monoisotopic (exact) mass is 298 g/mol. The highest BCUT2D eigenvalue weighted by Gasteiger charge is 2.20. The highest BCUT2D eigenvalue weighted by atomic mass is 15.3. The van der Waals surface area contributed by atoms with Gasteiger partial charge in [-0.15, -0.1) is 0 Å². The van der Waals surface area contributed by atoms with Crippen molar-refractivity contribution in [2.24, 2.45) is 11.5 Å². The highest BCUT2D eigenvalue weighted by Crippen LogP contribution is 2.16. The van der Waals surface area contributed by atoms with Crippen LogP contribution in [0.15, 0.2) is 84.2 Å². The Morgan fingerprint density at radius 3 is 2.50 bits per heavy atom. The molecule has 0 aromatic heterocycles. The van der Waals surface area contributed by atoms with Crippen molar-refractivity contribution >= 4 is 0 Å². The fraction of sp³-hybridized carbons (Fsp3) is 0.222. The molecule has 118 valence electrons. The average Bonchev–Trinajstić information content (AvgIpc) is 2.47. The summed E-state index contributed by atoms with van der Waals surface area (Å²) in [6, 6.07) is 0. The molecule has 22 heavy (non-hydrogen) atoms. The summed E-state index contributed by atoms with van der Waals surface area (Å²) in [5.74, 6) is 0.589. The minimum Gasteiger partial charge on any atom is -0.399 e. The summed E-state index contributed by atoms with van der Waals surface area (Å²) in [5.41, 5.74) is 14.9. The summed E-state index contributed by atoms with van der Waals surface area (Å²) in [6.45, 7) is 9.90. The summed E-state index contributed by atoms with van der Waals surface area (Å²) in [5, 5.41) is 3.30. The second kappa shape index (κ2) is 8.62. The topological polar surface area (TPSA) is 67.3 Å². The molecule has 5 N–H and O–H groups in total. The molecule has 0 spiro atoms. The molecule has 1 unspecified atom stereocenters. The fourth-order valence-electron chi connectivity index (χ4n) is 1.95. The molecule has 0 bridgehead atoms. The van der Waals surface area contributed by atoms with Crippen LogP contribution in [0.5, 0.6) is 0 Å². The number of nitrogens with two attached hydrogens (primary N) is 2. The molecule has 1 aliphatic heterocycles. The summed E-state index contributed by atoms with van der Waals surface area (Å²) < 4.78 is 0.